The van der Waals surface area contributed by atoms with E-state index in [4.69, 9.17) is 5.73 Å². The number of benzene rings is 1. The first-order chi connectivity index (χ1) is 11.6. The van der Waals surface area contributed by atoms with Gasteiger partial charge in [-0.15, -0.1) is 0 Å². The van der Waals surface area contributed by atoms with Crippen LogP contribution in [-0.2, 0) is 20.4 Å². The minimum Gasteiger partial charge on any atom is -0.325 e. The maximum Gasteiger partial charge on any atom is 0.241 e. The number of hydrogen-bond acceptors (Lipinski definition) is 4. The van der Waals surface area contributed by atoms with Crippen LogP contribution in [0.2, 0.25) is 0 Å². The molecule has 0 radical (unpaired) electrons. The van der Waals surface area contributed by atoms with Crippen molar-refractivity contribution in [3.63, 3.8) is 0 Å². The normalized spacial score (nSPS) is 17.9. The lowest BCUT2D eigenvalue weighted by Crippen LogP contribution is -2.45. The van der Waals surface area contributed by atoms with Crippen molar-refractivity contribution >= 4 is 21.4 Å². The Labute approximate surface area is 151 Å². The molecule has 1 atom stereocenters. The molecule has 1 aliphatic rings. The van der Waals surface area contributed by atoms with Gasteiger partial charge in [-0.3, -0.25) is 4.79 Å². The van der Waals surface area contributed by atoms with E-state index >= 15 is 0 Å². The van der Waals surface area contributed by atoms with Crippen molar-refractivity contribution < 1.29 is 13.2 Å². The van der Waals surface area contributed by atoms with Crippen LogP contribution in [-0.4, -0.2) is 25.6 Å². The van der Waals surface area contributed by atoms with E-state index in [0.717, 1.165) is 32.1 Å². The first kappa shape index (κ1) is 19.9. The van der Waals surface area contributed by atoms with Crippen molar-refractivity contribution in [1.82, 2.24) is 0 Å². The number of rotatable bonds is 5. The van der Waals surface area contributed by atoms with E-state index in [-0.39, 0.29) is 22.3 Å². The van der Waals surface area contributed by atoms with Crippen molar-refractivity contribution in [2.24, 2.45) is 11.1 Å². The fourth-order valence-electron chi connectivity index (χ4n) is 3.13. The summed E-state index contributed by atoms with van der Waals surface area (Å²) in [7, 11) is -3.16. The third-order valence-electron chi connectivity index (χ3n) is 4.84. The zero-order valence-electron chi connectivity index (χ0n) is 15.4. The van der Waals surface area contributed by atoms with Crippen molar-refractivity contribution in [3.8, 4) is 0 Å². The smallest absolute Gasteiger partial charge is 0.241 e. The number of anilines is 1. The molecule has 1 aliphatic carbocycles. The average Bonchev–Trinajstić information content (AvgIpc) is 2.54. The number of amides is 1. The van der Waals surface area contributed by atoms with Gasteiger partial charge in [-0.05, 0) is 36.0 Å². The number of sulfone groups is 1. The van der Waals surface area contributed by atoms with Gasteiger partial charge in [0.05, 0.1) is 17.0 Å². The maximum absolute atomic E-state index is 12.6. The molecule has 0 aliphatic heterocycles. The zero-order valence-corrected chi connectivity index (χ0v) is 16.2. The summed E-state index contributed by atoms with van der Waals surface area (Å²) in [6, 6.07) is 6.41. The minimum absolute atomic E-state index is 0.0205. The van der Waals surface area contributed by atoms with Crippen LogP contribution in [0.5, 0.6) is 0 Å². The summed E-state index contributed by atoms with van der Waals surface area (Å²) >= 11 is 0. The van der Waals surface area contributed by atoms with Crippen LogP contribution in [0.25, 0.3) is 0 Å². The molecule has 5 nitrogen and oxygen atoms in total. The van der Waals surface area contributed by atoms with Gasteiger partial charge in [0.1, 0.15) is 0 Å². The molecule has 3 N–H and O–H groups in total. The van der Waals surface area contributed by atoms with Gasteiger partial charge in [-0.25, -0.2) is 8.42 Å². The summed E-state index contributed by atoms with van der Waals surface area (Å²) in [6.45, 7) is 5.72. The molecule has 1 fully saturated rings. The van der Waals surface area contributed by atoms with Gasteiger partial charge in [0.2, 0.25) is 5.91 Å². The Kier molecular flexibility index (Phi) is 6.27. The highest BCUT2D eigenvalue weighted by molar-refractivity contribution is 7.91. The van der Waals surface area contributed by atoms with Crippen LogP contribution < -0.4 is 11.1 Å². The van der Waals surface area contributed by atoms with E-state index in [2.05, 4.69) is 5.32 Å². The maximum atomic E-state index is 12.6. The fourth-order valence-corrected chi connectivity index (χ4v) is 5.06. The summed E-state index contributed by atoms with van der Waals surface area (Å²) in [5, 5.41) is 2.57. The van der Waals surface area contributed by atoms with Gasteiger partial charge in [0.25, 0.3) is 0 Å². The standard InChI is InChI=1S/C19H30N2O3S/c1-19(2,3)17(20)18(22)21-15-9-7-8-14(12-15)13-25(23,24)16-10-5-4-6-11-16/h7-9,12,16-17H,4-6,10-11,13,20H2,1-3H3,(H,21,22)/t17-/m1/s1. The van der Waals surface area contributed by atoms with Gasteiger partial charge < -0.3 is 11.1 Å². The number of carbonyl (C=O) groups is 1. The molecule has 6 heteroatoms. The van der Waals surface area contributed by atoms with Crippen molar-refractivity contribution in [3.05, 3.63) is 29.8 Å². The van der Waals surface area contributed by atoms with Crippen LogP contribution >= 0.6 is 0 Å². The molecular weight excluding hydrogens is 336 g/mol. The average molecular weight is 367 g/mol. The van der Waals surface area contributed by atoms with Crippen LogP contribution in [0.15, 0.2) is 24.3 Å². The Balaban J connectivity index is 2.07. The predicted octanol–water partition coefficient (Wildman–Crippen LogP) is 3.25. The molecule has 0 heterocycles. The Hall–Kier alpha value is -1.40. The van der Waals surface area contributed by atoms with E-state index in [1.54, 1.807) is 24.3 Å². The molecule has 0 aromatic heterocycles. The van der Waals surface area contributed by atoms with E-state index in [9.17, 15) is 13.2 Å². The second-order valence-electron chi connectivity index (χ2n) is 8.10. The molecule has 1 saturated carbocycles. The molecule has 2 rings (SSSR count). The van der Waals surface area contributed by atoms with E-state index in [1.807, 2.05) is 20.8 Å². The lowest BCUT2D eigenvalue weighted by atomic mass is 9.87. The predicted molar refractivity (Wildman–Crippen MR) is 102 cm³/mol. The van der Waals surface area contributed by atoms with Gasteiger partial charge in [0.15, 0.2) is 9.84 Å². The highest BCUT2D eigenvalue weighted by atomic mass is 32.2. The summed E-state index contributed by atoms with van der Waals surface area (Å²) in [5.41, 5.74) is 6.92. The van der Waals surface area contributed by atoms with Crippen LogP contribution in [0.3, 0.4) is 0 Å². The van der Waals surface area contributed by atoms with Crippen molar-refractivity contribution in [2.45, 2.75) is 69.9 Å². The largest absolute Gasteiger partial charge is 0.325 e. The Morgan fingerprint density at radius 1 is 1.24 bits per heavy atom. The first-order valence-corrected chi connectivity index (χ1v) is 10.7. The molecule has 0 unspecified atom stereocenters. The summed E-state index contributed by atoms with van der Waals surface area (Å²) in [6.07, 6.45) is 4.63. The van der Waals surface area contributed by atoms with Crippen LogP contribution in [0.4, 0.5) is 5.69 Å². The quantitative estimate of drug-likeness (QED) is 0.837. The van der Waals surface area contributed by atoms with Gasteiger partial charge in [-0.2, -0.15) is 0 Å². The molecule has 0 saturated heterocycles. The van der Waals surface area contributed by atoms with E-state index < -0.39 is 15.9 Å². The molecule has 0 bridgehead atoms. The number of carbonyl (C=O) groups excluding carboxylic acids is 1. The zero-order chi connectivity index (χ0) is 18.7. The van der Waals surface area contributed by atoms with Crippen LogP contribution in [0, 0.1) is 5.41 Å². The van der Waals surface area contributed by atoms with Gasteiger partial charge >= 0.3 is 0 Å². The second kappa shape index (κ2) is 7.87. The molecule has 0 spiro atoms. The monoisotopic (exact) mass is 366 g/mol. The van der Waals surface area contributed by atoms with Gasteiger partial charge in [-0.1, -0.05) is 52.2 Å². The van der Waals surface area contributed by atoms with Gasteiger partial charge in [0, 0.05) is 5.69 Å². The van der Waals surface area contributed by atoms with Crippen molar-refractivity contribution in [2.75, 3.05) is 5.32 Å². The highest BCUT2D eigenvalue weighted by Crippen LogP contribution is 2.27. The summed E-state index contributed by atoms with van der Waals surface area (Å²) < 4.78 is 25.2. The molecule has 25 heavy (non-hydrogen) atoms. The Bertz CT molecular complexity index is 702. The third kappa shape index (κ3) is 5.54. The summed E-state index contributed by atoms with van der Waals surface area (Å²) in [4.78, 5) is 12.2. The SMILES string of the molecule is CC(C)(C)[C@H](N)C(=O)Nc1cccc(CS(=O)(=O)C2CCCCC2)c1. The minimum atomic E-state index is -3.16. The second-order valence-corrected chi connectivity index (χ2v) is 10.4. The molecule has 1 amide bonds. The summed E-state index contributed by atoms with van der Waals surface area (Å²) in [5.74, 6) is -0.244. The number of nitrogens with two attached hydrogens (primary N) is 1. The molecule has 1 aromatic rings. The fraction of sp³-hybridized carbons (Fsp3) is 0.632. The third-order valence-corrected chi connectivity index (χ3v) is 7.06. The molecular formula is C19H30N2O3S. The van der Waals surface area contributed by atoms with E-state index in [0.29, 0.717) is 11.3 Å². The number of hydrogen-bond donors (Lipinski definition) is 2. The molecule has 1 aromatic carbocycles. The number of nitrogens with one attached hydrogen (secondary N) is 1. The van der Waals surface area contributed by atoms with Crippen molar-refractivity contribution in [1.29, 1.82) is 0 Å². The topological polar surface area (TPSA) is 89.3 Å². The lowest BCUT2D eigenvalue weighted by Gasteiger charge is -2.26. The molecule has 140 valence electrons. The Morgan fingerprint density at radius 2 is 1.88 bits per heavy atom. The van der Waals surface area contributed by atoms with Crippen LogP contribution in [0.1, 0.15) is 58.4 Å². The lowest BCUT2D eigenvalue weighted by molar-refractivity contribution is -0.119. The first-order valence-electron chi connectivity index (χ1n) is 8.96. The van der Waals surface area contributed by atoms with E-state index in [1.165, 1.54) is 0 Å². The Morgan fingerprint density at radius 3 is 2.48 bits per heavy atom. The highest BCUT2D eigenvalue weighted by Gasteiger charge is 2.29.